The summed E-state index contributed by atoms with van der Waals surface area (Å²) in [5.41, 5.74) is 1.76. The lowest BCUT2D eigenvalue weighted by Crippen LogP contribution is -2.39. The molecule has 0 saturated carbocycles. The first-order valence-electron chi connectivity index (χ1n) is 8.38. The minimum Gasteiger partial charge on any atom is -0.459 e. The van der Waals surface area contributed by atoms with Gasteiger partial charge in [0.25, 0.3) is 0 Å². The lowest BCUT2D eigenvalue weighted by molar-refractivity contribution is 0.225. The van der Waals surface area contributed by atoms with Crippen LogP contribution in [0, 0.1) is 0 Å². The molecule has 2 atom stereocenters. The Balaban J connectivity index is 1.66. The summed E-state index contributed by atoms with van der Waals surface area (Å²) in [6, 6.07) is 18.5. The Labute approximate surface area is 146 Å². The number of furan rings is 1. The Bertz CT molecular complexity index is 796. The summed E-state index contributed by atoms with van der Waals surface area (Å²) in [6.45, 7) is 1.87. The van der Waals surface area contributed by atoms with Gasteiger partial charge in [-0.3, -0.25) is 0 Å². The van der Waals surface area contributed by atoms with Crippen molar-refractivity contribution < 1.29 is 14.3 Å². The highest BCUT2D eigenvalue weighted by Crippen LogP contribution is 2.23. The Morgan fingerprint density at radius 2 is 1.80 bits per heavy atom. The number of para-hydroxylation sites is 1. The van der Waals surface area contributed by atoms with Crippen LogP contribution in [0.5, 0.6) is 0 Å². The minimum atomic E-state index is -0.296. The van der Waals surface area contributed by atoms with Gasteiger partial charge in [-0.05, 0) is 31.0 Å². The van der Waals surface area contributed by atoms with Gasteiger partial charge >= 0.3 is 6.03 Å². The Hall–Kier alpha value is -2.79. The van der Waals surface area contributed by atoms with Gasteiger partial charge < -0.3 is 20.2 Å². The second-order valence-electron chi connectivity index (χ2n) is 6.00. The Morgan fingerprint density at radius 1 is 1.08 bits per heavy atom. The molecule has 0 fully saturated rings. The zero-order valence-corrected chi connectivity index (χ0v) is 14.1. The van der Waals surface area contributed by atoms with Crippen molar-refractivity contribution in [2.75, 3.05) is 6.61 Å². The summed E-state index contributed by atoms with van der Waals surface area (Å²) in [5, 5.41) is 16.1. The maximum atomic E-state index is 12.4. The summed E-state index contributed by atoms with van der Waals surface area (Å²) in [7, 11) is 0. The Morgan fingerprint density at radius 3 is 2.52 bits per heavy atom. The van der Waals surface area contributed by atoms with E-state index in [0.29, 0.717) is 12.2 Å². The quantitative estimate of drug-likeness (QED) is 0.638. The number of aliphatic hydroxyl groups is 1. The normalized spacial score (nSPS) is 13.4. The van der Waals surface area contributed by atoms with Crippen LogP contribution in [0.25, 0.3) is 11.0 Å². The Kier molecular flexibility index (Phi) is 5.36. The van der Waals surface area contributed by atoms with Crippen molar-refractivity contribution in [3.05, 3.63) is 72.0 Å². The predicted octanol–water partition coefficient (Wildman–Crippen LogP) is 3.92. The number of aliphatic hydroxyl groups excluding tert-OH is 1. The van der Waals surface area contributed by atoms with Gasteiger partial charge in [0.05, 0.1) is 12.1 Å². The van der Waals surface area contributed by atoms with Crippen LogP contribution < -0.4 is 10.6 Å². The first kappa shape index (κ1) is 17.0. The summed E-state index contributed by atoms with van der Waals surface area (Å²) in [5.74, 6) is 0.703. The molecule has 0 bridgehead atoms. The molecule has 25 heavy (non-hydrogen) atoms. The molecule has 1 heterocycles. The molecule has 0 aliphatic heterocycles. The molecule has 5 heteroatoms. The van der Waals surface area contributed by atoms with Gasteiger partial charge in [0.15, 0.2) is 0 Å². The number of carbonyl (C=O) groups is 1. The molecule has 3 N–H and O–H groups in total. The smallest absolute Gasteiger partial charge is 0.315 e. The number of nitrogens with one attached hydrogen (secondary N) is 2. The monoisotopic (exact) mass is 338 g/mol. The van der Waals surface area contributed by atoms with Crippen molar-refractivity contribution in [3.8, 4) is 0 Å². The third kappa shape index (κ3) is 4.19. The largest absolute Gasteiger partial charge is 0.459 e. The highest BCUT2D eigenvalue weighted by Gasteiger charge is 2.18. The van der Waals surface area contributed by atoms with E-state index in [-0.39, 0.29) is 24.7 Å². The van der Waals surface area contributed by atoms with Crippen LogP contribution in [0.3, 0.4) is 0 Å². The van der Waals surface area contributed by atoms with Gasteiger partial charge in [-0.15, -0.1) is 0 Å². The van der Waals surface area contributed by atoms with Crippen LogP contribution >= 0.6 is 0 Å². The highest BCUT2D eigenvalue weighted by molar-refractivity contribution is 5.78. The molecule has 3 rings (SSSR count). The number of benzene rings is 2. The average molecular weight is 338 g/mol. The van der Waals surface area contributed by atoms with E-state index in [1.165, 1.54) is 0 Å². The van der Waals surface area contributed by atoms with Gasteiger partial charge in [-0.25, -0.2) is 4.79 Å². The summed E-state index contributed by atoms with van der Waals surface area (Å²) in [4.78, 5) is 12.4. The van der Waals surface area contributed by atoms with Crippen LogP contribution in [0.1, 0.15) is 36.8 Å². The molecule has 0 radical (unpaired) electrons. The standard InChI is InChI=1S/C20H22N2O3/c1-14(19-13-16-9-5-6-10-18(16)25-19)21-20(24)22-17(11-12-23)15-7-3-2-4-8-15/h2-10,13-14,17,23H,11-12H2,1H3,(H2,21,22,24)/t14?,17-/m1/s1. The molecule has 1 unspecified atom stereocenters. The highest BCUT2D eigenvalue weighted by atomic mass is 16.3. The van der Waals surface area contributed by atoms with Gasteiger partial charge in [0, 0.05) is 12.0 Å². The molecule has 0 saturated heterocycles. The van der Waals surface area contributed by atoms with Crippen LogP contribution in [0.2, 0.25) is 0 Å². The zero-order chi connectivity index (χ0) is 17.6. The maximum Gasteiger partial charge on any atom is 0.315 e. The van der Waals surface area contributed by atoms with Crippen molar-refractivity contribution in [1.82, 2.24) is 10.6 Å². The molecular formula is C20H22N2O3. The topological polar surface area (TPSA) is 74.5 Å². The summed E-state index contributed by atoms with van der Waals surface area (Å²) in [6.07, 6.45) is 0.455. The van der Waals surface area contributed by atoms with Gasteiger partial charge in [0.1, 0.15) is 11.3 Å². The lowest BCUT2D eigenvalue weighted by Gasteiger charge is -2.20. The first-order valence-corrected chi connectivity index (χ1v) is 8.38. The van der Waals surface area contributed by atoms with Crippen LogP contribution in [0.4, 0.5) is 4.79 Å². The van der Waals surface area contributed by atoms with Crippen LogP contribution in [-0.2, 0) is 0 Å². The fourth-order valence-corrected chi connectivity index (χ4v) is 2.82. The molecule has 1 aromatic heterocycles. The van der Waals surface area contributed by atoms with E-state index in [4.69, 9.17) is 4.42 Å². The molecule has 0 spiro atoms. The van der Waals surface area contributed by atoms with E-state index in [1.54, 1.807) is 0 Å². The van der Waals surface area contributed by atoms with Crippen molar-refractivity contribution in [1.29, 1.82) is 0 Å². The minimum absolute atomic E-state index is 0.00102. The molecule has 2 aromatic carbocycles. The second-order valence-corrected chi connectivity index (χ2v) is 6.00. The second kappa shape index (κ2) is 7.85. The van der Waals surface area contributed by atoms with E-state index < -0.39 is 0 Å². The third-order valence-electron chi connectivity index (χ3n) is 4.14. The molecule has 130 valence electrons. The van der Waals surface area contributed by atoms with Gasteiger partial charge in [-0.1, -0.05) is 48.5 Å². The predicted molar refractivity (Wildman–Crippen MR) is 97.2 cm³/mol. The maximum absolute atomic E-state index is 12.4. The fourth-order valence-electron chi connectivity index (χ4n) is 2.82. The van der Waals surface area contributed by atoms with Crippen molar-refractivity contribution in [3.63, 3.8) is 0 Å². The van der Waals surface area contributed by atoms with Crippen molar-refractivity contribution >= 4 is 17.0 Å². The molecule has 0 aliphatic carbocycles. The van der Waals surface area contributed by atoms with E-state index >= 15 is 0 Å². The summed E-state index contributed by atoms with van der Waals surface area (Å²) >= 11 is 0. The van der Waals surface area contributed by atoms with Crippen molar-refractivity contribution in [2.24, 2.45) is 0 Å². The molecular weight excluding hydrogens is 316 g/mol. The summed E-state index contributed by atoms with van der Waals surface area (Å²) < 4.78 is 5.79. The number of amides is 2. The number of fused-ring (bicyclic) bond motifs is 1. The zero-order valence-electron chi connectivity index (χ0n) is 14.1. The van der Waals surface area contributed by atoms with Crippen LogP contribution in [-0.4, -0.2) is 17.7 Å². The van der Waals surface area contributed by atoms with Crippen molar-refractivity contribution in [2.45, 2.75) is 25.4 Å². The molecule has 3 aromatic rings. The molecule has 0 aliphatic rings. The number of carbonyl (C=O) groups excluding carboxylic acids is 1. The lowest BCUT2D eigenvalue weighted by atomic mass is 10.0. The van der Waals surface area contributed by atoms with Gasteiger partial charge in [-0.2, -0.15) is 0 Å². The van der Waals surface area contributed by atoms with E-state index in [0.717, 1.165) is 16.5 Å². The van der Waals surface area contributed by atoms with Gasteiger partial charge in [0.2, 0.25) is 0 Å². The van der Waals surface area contributed by atoms with E-state index in [1.807, 2.05) is 67.6 Å². The van der Waals surface area contributed by atoms with E-state index in [2.05, 4.69) is 10.6 Å². The number of hydrogen-bond acceptors (Lipinski definition) is 3. The fraction of sp³-hybridized carbons (Fsp3) is 0.250. The van der Waals surface area contributed by atoms with E-state index in [9.17, 15) is 9.90 Å². The third-order valence-corrected chi connectivity index (χ3v) is 4.14. The number of urea groups is 1. The number of hydrogen-bond donors (Lipinski definition) is 3. The molecule has 5 nitrogen and oxygen atoms in total. The molecule has 2 amide bonds. The first-order chi connectivity index (χ1) is 12.2. The van der Waals surface area contributed by atoms with Crippen LogP contribution in [0.15, 0.2) is 65.1 Å². The SMILES string of the molecule is CC(NC(=O)N[C@H](CCO)c1ccccc1)c1cc2ccccc2o1. The average Bonchev–Trinajstić information content (AvgIpc) is 3.06. The number of rotatable bonds is 6.